The number of nitrogens with two attached hydrogens (primary N) is 2. The molecule has 0 aliphatic heterocycles. The third-order valence-corrected chi connectivity index (χ3v) is 1.23. The van der Waals surface area contributed by atoms with Crippen molar-refractivity contribution in [2.75, 3.05) is 0 Å². The van der Waals surface area contributed by atoms with Gasteiger partial charge in [-0.05, 0) is 13.8 Å². The van der Waals surface area contributed by atoms with E-state index in [1.54, 1.807) is 13.8 Å². The van der Waals surface area contributed by atoms with Gasteiger partial charge in [0.05, 0.1) is 0 Å². The predicted molar refractivity (Wildman–Crippen MR) is 56.3 cm³/mol. The second kappa shape index (κ2) is 6.35. The van der Waals surface area contributed by atoms with Gasteiger partial charge in [0.15, 0.2) is 0 Å². The molecule has 84 valence electrons. The van der Waals surface area contributed by atoms with Crippen molar-refractivity contribution in [3.63, 3.8) is 0 Å². The molecule has 0 radical (unpaired) electrons. The van der Waals surface area contributed by atoms with Crippen LogP contribution in [0.5, 0.6) is 0 Å². The van der Waals surface area contributed by atoms with E-state index in [4.69, 9.17) is 11.5 Å². The number of amides is 4. The minimum absolute atomic E-state index is 0.389. The number of carbonyl (C=O) groups excluding carboxylic acids is 2. The first kappa shape index (κ1) is 12.9. The van der Waals surface area contributed by atoms with Crippen LogP contribution in [0.25, 0.3) is 0 Å². The normalized spacial score (nSPS) is 12.1. The van der Waals surface area contributed by atoms with Crippen LogP contribution < -0.4 is 22.3 Å². The summed E-state index contributed by atoms with van der Waals surface area (Å²) >= 11 is 0. The Hall–Kier alpha value is -2.12. The Morgan fingerprint density at radius 2 is 1.33 bits per heavy atom. The number of nitrogens with one attached hydrogen (secondary N) is 2. The summed E-state index contributed by atoms with van der Waals surface area (Å²) in [7, 11) is 0. The molecule has 0 aromatic heterocycles. The molecule has 0 unspecified atom stereocenters. The van der Waals surface area contributed by atoms with E-state index in [2.05, 4.69) is 21.1 Å². The summed E-state index contributed by atoms with van der Waals surface area (Å²) in [6.07, 6.45) is 0.389. The maximum absolute atomic E-state index is 10.3. The summed E-state index contributed by atoms with van der Waals surface area (Å²) < 4.78 is 0. The van der Waals surface area contributed by atoms with Crippen molar-refractivity contribution in [2.24, 2.45) is 21.7 Å². The molecule has 0 saturated carbocycles. The van der Waals surface area contributed by atoms with E-state index in [-0.39, 0.29) is 0 Å². The Bertz CT molecular complexity index is 279. The summed E-state index contributed by atoms with van der Waals surface area (Å²) in [4.78, 5) is 20.6. The standard InChI is InChI=1S/C7H14N6O2/c1-4(10-12-6(8)14)3-5(2)11-13-7(9)15/h3H2,1-2H3,(H3,8,12,14)(H3,9,13,15)/b10-4+,11-5+. The predicted octanol–water partition coefficient (Wildman–Crippen LogP) is -0.535. The average molecular weight is 214 g/mol. The zero-order chi connectivity index (χ0) is 11.8. The highest BCUT2D eigenvalue weighted by molar-refractivity contribution is 6.02. The molecule has 0 rings (SSSR count). The van der Waals surface area contributed by atoms with Crippen molar-refractivity contribution in [3.05, 3.63) is 0 Å². The fraction of sp³-hybridized carbons (Fsp3) is 0.429. The molecule has 0 bridgehead atoms. The summed E-state index contributed by atoms with van der Waals surface area (Å²) in [6, 6.07) is -1.47. The third kappa shape index (κ3) is 8.22. The Morgan fingerprint density at radius 1 is 1.00 bits per heavy atom. The highest BCUT2D eigenvalue weighted by Crippen LogP contribution is 1.89. The third-order valence-electron chi connectivity index (χ3n) is 1.23. The molecule has 0 aromatic rings. The Kier molecular flexibility index (Phi) is 5.45. The molecular weight excluding hydrogens is 200 g/mol. The summed E-state index contributed by atoms with van der Waals surface area (Å²) in [5, 5.41) is 7.32. The highest BCUT2D eigenvalue weighted by atomic mass is 16.2. The molecule has 0 atom stereocenters. The lowest BCUT2D eigenvalue weighted by atomic mass is 10.2. The van der Waals surface area contributed by atoms with Gasteiger partial charge in [-0.15, -0.1) is 0 Å². The van der Waals surface area contributed by atoms with Crippen molar-refractivity contribution in [2.45, 2.75) is 20.3 Å². The Morgan fingerprint density at radius 3 is 1.60 bits per heavy atom. The molecule has 0 spiro atoms. The van der Waals surface area contributed by atoms with Crippen molar-refractivity contribution in [3.8, 4) is 0 Å². The number of primary amides is 2. The van der Waals surface area contributed by atoms with Crippen molar-refractivity contribution in [1.82, 2.24) is 10.9 Å². The molecule has 0 saturated heterocycles. The maximum atomic E-state index is 10.3. The molecule has 0 aromatic carbocycles. The van der Waals surface area contributed by atoms with Gasteiger partial charge in [-0.3, -0.25) is 0 Å². The zero-order valence-electron chi connectivity index (χ0n) is 8.57. The smallest absolute Gasteiger partial charge is 0.332 e. The molecular formula is C7H14N6O2. The van der Waals surface area contributed by atoms with Crippen LogP contribution in [0.3, 0.4) is 0 Å². The average Bonchev–Trinajstić information content (AvgIpc) is 2.11. The van der Waals surface area contributed by atoms with Gasteiger partial charge in [0, 0.05) is 17.8 Å². The first-order valence-corrected chi connectivity index (χ1v) is 4.09. The van der Waals surface area contributed by atoms with E-state index in [1.165, 1.54) is 0 Å². The van der Waals surface area contributed by atoms with Crippen molar-refractivity contribution >= 4 is 23.5 Å². The van der Waals surface area contributed by atoms with Crippen LogP contribution in [0.1, 0.15) is 20.3 Å². The van der Waals surface area contributed by atoms with Gasteiger partial charge in [-0.1, -0.05) is 0 Å². The second-order valence-corrected chi connectivity index (χ2v) is 2.82. The van der Waals surface area contributed by atoms with E-state index < -0.39 is 12.1 Å². The Balaban J connectivity index is 4.10. The monoisotopic (exact) mass is 214 g/mol. The summed E-state index contributed by atoms with van der Waals surface area (Å²) in [6.45, 7) is 3.36. The quantitative estimate of drug-likeness (QED) is 0.369. The zero-order valence-corrected chi connectivity index (χ0v) is 8.57. The molecule has 6 N–H and O–H groups in total. The highest BCUT2D eigenvalue weighted by Gasteiger charge is 1.97. The molecule has 0 aliphatic rings. The van der Waals surface area contributed by atoms with Crippen LogP contribution >= 0.6 is 0 Å². The molecule has 15 heavy (non-hydrogen) atoms. The lowest BCUT2D eigenvalue weighted by Gasteiger charge is -2.00. The van der Waals surface area contributed by atoms with Gasteiger partial charge in [0.2, 0.25) is 0 Å². The SMILES string of the molecule is C/C(C/C(C)=N/NC(N)=O)=N\NC(N)=O. The minimum atomic E-state index is -0.737. The van der Waals surface area contributed by atoms with Gasteiger partial charge >= 0.3 is 12.1 Å². The largest absolute Gasteiger partial charge is 0.350 e. The number of hydrogen-bond acceptors (Lipinski definition) is 4. The van der Waals surface area contributed by atoms with E-state index in [0.29, 0.717) is 17.8 Å². The fourth-order valence-electron chi connectivity index (χ4n) is 0.750. The van der Waals surface area contributed by atoms with Gasteiger partial charge in [0.25, 0.3) is 0 Å². The second-order valence-electron chi connectivity index (χ2n) is 2.82. The van der Waals surface area contributed by atoms with Crippen LogP contribution in [-0.4, -0.2) is 23.5 Å². The van der Waals surface area contributed by atoms with Crippen LogP contribution in [-0.2, 0) is 0 Å². The first-order chi connectivity index (χ1) is 6.91. The van der Waals surface area contributed by atoms with Crippen LogP contribution in [0.15, 0.2) is 10.2 Å². The van der Waals surface area contributed by atoms with E-state index in [9.17, 15) is 9.59 Å². The summed E-state index contributed by atoms with van der Waals surface area (Å²) in [5.74, 6) is 0. The number of rotatable bonds is 4. The number of hydrogen-bond donors (Lipinski definition) is 4. The molecule has 8 heteroatoms. The lowest BCUT2D eigenvalue weighted by Crippen LogP contribution is -2.27. The van der Waals surface area contributed by atoms with Gasteiger partial charge in [-0.25, -0.2) is 20.4 Å². The van der Waals surface area contributed by atoms with E-state index in [0.717, 1.165) is 0 Å². The minimum Gasteiger partial charge on any atom is -0.350 e. The maximum Gasteiger partial charge on any atom is 0.332 e. The number of carbonyl (C=O) groups is 2. The molecule has 0 fully saturated rings. The van der Waals surface area contributed by atoms with Gasteiger partial charge in [0.1, 0.15) is 0 Å². The molecule has 0 aliphatic carbocycles. The van der Waals surface area contributed by atoms with Crippen molar-refractivity contribution < 1.29 is 9.59 Å². The Labute approximate surface area is 86.8 Å². The number of urea groups is 2. The van der Waals surface area contributed by atoms with Gasteiger partial charge in [-0.2, -0.15) is 10.2 Å². The van der Waals surface area contributed by atoms with Crippen molar-refractivity contribution in [1.29, 1.82) is 0 Å². The van der Waals surface area contributed by atoms with Crippen LogP contribution in [0.4, 0.5) is 9.59 Å². The molecule has 8 nitrogen and oxygen atoms in total. The topological polar surface area (TPSA) is 135 Å². The van der Waals surface area contributed by atoms with E-state index in [1.807, 2.05) is 0 Å². The van der Waals surface area contributed by atoms with Crippen LogP contribution in [0, 0.1) is 0 Å². The number of hydrazone groups is 2. The summed E-state index contributed by atoms with van der Waals surface area (Å²) in [5.41, 5.74) is 15.0. The van der Waals surface area contributed by atoms with Gasteiger partial charge < -0.3 is 11.5 Å². The fourth-order valence-corrected chi connectivity index (χ4v) is 0.750. The first-order valence-electron chi connectivity index (χ1n) is 4.09. The van der Waals surface area contributed by atoms with E-state index >= 15 is 0 Å². The molecule has 4 amide bonds. The molecule has 0 heterocycles. The number of nitrogens with zero attached hydrogens (tertiary/aromatic N) is 2. The lowest BCUT2D eigenvalue weighted by molar-refractivity contribution is 0.248. The van der Waals surface area contributed by atoms with Crippen LogP contribution in [0.2, 0.25) is 0 Å².